The predicted octanol–water partition coefficient (Wildman–Crippen LogP) is 4.57. The fraction of sp³-hybridized carbons (Fsp3) is 0.148. The van der Waals surface area contributed by atoms with Gasteiger partial charge in [-0.05, 0) is 41.8 Å². The summed E-state index contributed by atoms with van der Waals surface area (Å²) < 4.78 is 33.7. The van der Waals surface area contributed by atoms with Crippen LogP contribution in [0, 0.1) is 0 Å². The van der Waals surface area contributed by atoms with Gasteiger partial charge in [-0.15, -0.1) is 0 Å². The predicted molar refractivity (Wildman–Crippen MR) is 133 cm³/mol. The Morgan fingerprint density at radius 1 is 0.735 bits per heavy atom. The summed E-state index contributed by atoms with van der Waals surface area (Å²) in [4.78, 5) is 15.1. The molecule has 4 aromatic carbocycles. The van der Waals surface area contributed by atoms with Crippen molar-refractivity contribution in [2.75, 3.05) is 31.1 Å². The average molecular weight is 473 g/mol. The van der Waals surface area contributed by atoms with Crippen LogP contribution >= 0.6 is 0 Å². The van der Waals surface area contributed by atoms with E-state index in [1.54, 1.807) is 18.2 Å². The number of benzene rings is 4. The Labute approximate surface area is 199 Å². The second-order valence-corrected chi connectivity index (χ2v) is 10.1. The summed E-state index contributed by atoms with van der Waals surface area (Å²) in [5.41, 5.74) is 1.27. The zero-order valence-corrected chi connectivity index (χ0v) is 19.3. The van der Waals surface area contributed by atoms with E-state index in [0.717, 1.165) is 16.5 Å². The molecule has 1 fully saturated rings. The van der Waals surface area contributed by atoms with Crippen LogP contribution in [0.2, 0.25) is 0 Å². The molecule has 34 heavy (non-hydrogen) atoms. The quantitative estimate of drug-likeness (QED) is 0.314. The van der Waals surface area contributed by atoms with Crippen LogP contribution in [0.25, 0.3) is 10.8 Å². The summed E-state index contributed by atoms with van der Waals surface area (Å²) in [6.45, 7) is 1.96. The van der Waals surface area contributed by atoms with Crippen molar-refractivity contribution in [3.63, 3.8) is 0 Å². The van der Waals surface area contributed by atoms with Gasteiger partial charge in [0.25, 0.3) is 0 Å². The summed E-state index contributed by atoms with van der Waals surface area (Å²) in [5, 5.41) is 1.78. The Balaban J connectivity index is 1.32. The van der Waals surface area contributed by atoms with Crippen LogP contribution in [0.4, 0.5) is 5.69 Å². The van der Waals surface area contributed by atoms with Crippen molar-refractivity contribution in [2.45, 2.75) is 4.90 Å². The number of fused-ring (bicyclic) bond motifs is 1. The molecule has 1 aliphatic rings. The summed E-state index contributed by atoms with van der Waals surface area (Å²) in [5.74, 6) is -0.157. The van der Waals surface area contributed by atoms with Crippen molar-refractivity contribution < 1.29 is 17.9 Å². The van der Waals surface area contributed by atoms with Crippen molar-refractivity contribution in [3.8, 4) is 5.75 Å². The number of para-hydroxylation sites is 1. The molecule has 0 atom stereocenters. The molecule has 7 heteroatoms. The van der Waals surface area contributed by atoms with Gasteiger partial charge < -0.3 is 9.64 Å². The minimum atomic E-state index is -3.73. The topological polar surface area (TPSA) is 66.9 Å². The number of hydrogen-bond donors (Lipinski definition) is 0. The second-order valence-electron chi connectivity index (χ2n) is 8.12. The van der Waals surface area contributed by atoms with E-state index in [1.807, 2.05) is 66.7 Å². The summed E-state index contributed by atoms with van der Waals surface area (Å²) in [6.07, 6.45) is 0. The van der Waals surface area contributed by atoms with E-state index in [2.05, 4.69) is 4.90 Å². The molecule has 1 heterocycles. The van der Waals surface area contributed by atoms with Crippen LogP contribution < -0.4 is 9.64 Å². The number of nitrogens with zero attached hydrogens (tertiary/aromatic N) is 2. The number of carbonyl (C=O) groups excluding carboxylic acids is 1. The first-order valence-corrected chi connectivity index (χ1v) is 12.6. The molecule has 1 saturated heterocycles. The molecule has 0 bridgehead atoms. The second kappa shape index (κ2) is 9.29. The van der Waals surface area contributed by atoms with Crippen molar-refractivity contribution >= 4 is 32.5 Å². The third kappa shape index (κ3) is 4.40. The molecular weight excluding hydrogens is 448 g/mol. The summed E-state index contributed by atoms with van der Waals surface area (Å²) in [6, 6.07) is 29.1. The molecule has 0 spiro atoms. The lowest BCUT2D eigenvalue weighted by atomic mass is 10.1. The first-order chi connectivity index (χ1) is 16.5. The van der Waals surface area contributed by atoms with E-state index in [9.17, 15) is 13.2 Å². The molecule has 172 valence electrons. The number of anilines is 1. The standard InChI is InChI=1S/C27H24N2O4S/c30-27(33-26-15-7-9-21-8-4-5-14-25(21)26)22-10-6-13-24(20-22)34(31,32)29-18-16-28(17-19-29)23-11-2-1-3-12-23/h1-15,20H,16-19H2. The molecule has 4 aromatic rings. The van der Waals surface area contributed by atoms with Crippen molar-refractivity contribution in [1.82, 2.24) is 4.31 Å². The number of piperazine rings is 1. The average Bonchev–Trinajstić information content (AvgIpc) is 2.89. The van der Waals surface area contributed by atoms with Gasteiger partial charge in [0.05, 0.1) is 10.5 Å². The first-order valence-electron chi connectivity index (χ1n) is 11.1. The van der Waals surface area contributed by atoms with E-state index in [0.29, 0.717) is 31.9 Å². The molecule has 6 nitrogen and oxygen atoms in total. The molecular formula is C27H24N2O4S. The maximum absolute atomic E-state index is 13.3. The molecule has 0 aliphatic carbocycles. The zero-order chi connectivity index (χ0) is 23.5. The fourth-order valence-corrected chi connectivity index (χ4v) is 5.67. The summed E-state index contributed by atoms with van der Waals surface area (Å²) >= 11 is 0. The van der Waals surface area contributed by atoms with E-state index < -0.39 is 16.0 Å². The highest BCUT2D eigenvalue weighted by molar-refractivity contribution is 7.89. The van der Waals surface area contributed by atoms with E-state index in [-0.39, 0.29) is 10.5 Å². The van der Waals surface area contributed by atoms with Gasteiger partial charge in [-0.2, -0.15) is 4.31 Å². The third-order valence-electron chi connectivity index (χ3n) is 6.02. The minimum absolute atomic E-state index is 0.0908. The van der Waals surface area contributed by atoms with Gasteiger partial charge in [0, 0.05) is 37.3 Å². The van der Waals surface area contributed by atoms with Crippen LogP contribution in [0.3, 0.4) is 0 Å². The smallest absolute Gasteiger partial charge is 0.343 e. The van der Waals surface area contributed by atoms with E-state index >= 15 is 0 Å². The normalized spacial score (nSPS) is 14.8. The van der Waals surface area contributed by atoms with Crippen LogP contribution in [0.5, 0.6) is 5.75 Å². The molecule has 0 aromatic heterocycles. The number of rotatable bonds is 5. The van der Waals surface area contributed by atoms with Crippen LogP contribution in [-0.2, 0) is 10.0 Å². The highest BCUT2D eigenvalue weighted by atomic mass is 32.2. The molecule has 0 unspecified atom stereocenters. The number of hydrogen-bond acceptors (Lipinski definition) is 5. The zero-order valence-electron chi connectivity index (χ0n) is 18.5. The highest BCUT2D eigenvalue weighted by Gasteiger charge is 2.29. The Bertz CT molecular complexity index is 1420. The van der Waals surface area contributed by atoms with Crippen molar-refractivity contribution in [2.24, 2.45) is 0 Å². The Kier molecular flexibility index (Phi) is 6.04. The molecule has 1 aliphatic heterocycles. The molecule has 0 amide bonds. The number of ether oxygens (including phenoxy) is 1. The van der Waals surface area contributed by atoms with Crippen LogP contribution in [-0.4, -0.2) is 44.9 Å². The number of carbonyl (C=O) groups is 1. The van der Waals surface area contributed by atoms with E-state index in [4.69, 9.17) is 4.74 Å². The lowest BCUT2D eigenvalue weighted by Crippen LogP contribution is -2.48. The van der Waals surface area contributed by atoms with Crippen LogP contribution in [0.1, 0.15) is 10.4 Å². The van der Waals surface area contributed by atoms with Gasteiger partial charge >= 0.3 is 5.97 Å². The van der Waals surface area contributed by atoms with Crippen LogP contribution in [0.15, 0.2) is 102 Å². The lowest BCUT2D eigenvalue weighted by molar-refractivity contribution is 0.0737. The number of esters is 1. The first kappa shape index (κ1) is 22.1. The third-order valence-corrected chi connectivity index (χ3v) is 7.91. The Hall–Kier alpha value is -3.68. The largest absolute Gasteiger partial charge is 0.422 e. The SMILES string of the molecule is O=C(Oc1cccc2ccccc12)c1cccc(S(=O)(=O)N2CCN(c3ccccc3)CC2)c1. The summed E-state index contributed by atoms with van der Waals surface area (Å²) in [7, 11) is -3.73. The highest BCUT2D eigenvalue weighted by Crippen LogP contribution is 2.27. The maximum atomic E-state index is 13.3. The lowest BCUT2D eigenvalue weighted by Gasteiger charge is -2.35. The fourth-order valence-electron chi connectivity index (χ4n) is 4.20. The van der Waals surface area contributed by atoms with Gasteiger partial charge in [-0.25, -0.2) is 13.2 Å². The Morgan fingerprint density at radius 3 is 2.21 bits per heavy atom. The van der Waals surface area contributed by atoms with Gasteiger partial charge in [0.15, 0.2) is 0 Å². The number of sulfonamides is 1. The molecule has 0 radical (unpaired) electrons. The van der Waals surface area contributed by atoms with E-state index in [1.165, 1.54) is 16.4 Å². The van der Waals surface area contributed by atoms with Gasteiger partial charge in [0.1, 0.15) is 5.75 Å². The molecule has 0 N–H and O–H groups in total. The minimum Gasteiger partial charge on any atom is -0.422 e. The Morgan fingerprint density at radius 2 is 1.41 bits per heavy atom. The maximum Gasteiger partial charge on any atom is 0.343 e. The van der Waals surface area contributed by atoms with Crippen molar-refractivity contribution in [3.05, 3.63) is 103 Å². The molecule has 5 rings (SSSR count). The van der Waals surface area contributed by atoms with Gasteiger partial charge in [-0.3, -0.25) is 0 Å². The monoisotopic (exact) mass is 472 g/mol. The molecule has 0 saturated carbocycles. The van der Waals surface area contributed by atoms with Gasteiger partial charge in [0.2, 0.25) is 10.0 Å². The van der Waals surface area contributed by atoms with Crippen molar-refractivity contribution in [1.29, 1.82) is 0 Å². The van der Waals surface area contributed by atoms with Gasteiger partial charge in [-0.1, -0.05) is 60.7 Å².